The Hall–Kier alpha value is -1.36. The number of fused-ring (bicyclic) bond motifs is 1. The van der Waals surface area contributed by atoms with Crippen molar-refractivity contribution < 1.29 is 0 Å². The summed E-state index contributed by atoms with van der Waals surface area (Å²) in [5.74, 6) is 1.39. The third-order valence-electron chi connectivity index (χ3n) is 3.73. The lowest BCUT2D eigenvalue weighted by Crippen LogP contribution is -2.32. The molecule has 2 aliphatic rings. The van der Waals surface area contributed by atoms with Gasteiger partial charge < -0.3 is 10.6 Å². The number of aromatic amines is 1. The first-order chi connectivity index (χ1) is 8.33. The number of nitrogens with zero attached hydrogens (tertiary/aromatic N) is 1. The van der Waals surface area contributed by atoms with Gasteiger partial charge in [-0.3, -0.25) is 9.78 Å². The van der Waals surface area contributed by atoms with Crippen LogP contribution in [0.2, 0.25) is 0 Å². The van der Waals surface area contributed by atoms with Crippen molar-refractivity contribution >= 4 is 5.95 Å². The lowest BCUT2D eigenvalue weighted by Gasteiger charge is -2.25. The van der Waals surface area contributed by atoms with Gasteiger partial charge in [-0.2, -0.15) is 0 Å². The molecule has 2 heterocycles. The minimum Gasteiger partial charge on any atom is -0.355 e. The molecule has 0 saturated heterocycles. The molecule has 1 aliphatic heterocycles. The Morgan fingerprint density at radius 1 is 1.41 bits per heavy atom. The van der Waals surface area contributed by atoms with E-state index in [1.807, 2.05) is 0 Å². The summed E-state index contributed by atoms with van der Waals surface area (Å²) in [6.07, 6.45) is 4.71. The molecule has 1 aromatic heterocycles. The molecule has 17 heavy (non-hydrogen) atoms. The van der Waals surface area contributed by atoms with Crippen LogP contribution >= 0.6 is 0 Å². The third-order valence-corrected chi connectivity index (χ3v) is 3.73. The minimum atomic E-state index is 0.0209. The molecule has 0 unspecified atom stereocenters. The summed E-state index contributed by atoms with van der Waals surface area (Å²) in [5.41, 5.74) is 1.77. The average Bonchev–Trinajstić information content (AvgIpc) is 2.27. The lowest BCUT2D eigenvalue weighted by atomic mass is 9.85. The zero-order valence-corrected chi connectivity index (χ0v) is 9.88. The van der Waals surface area contributed by atoms with Crippen molar-refractivity contribution in [1.29, 1.82) is 0 Å². The van der Waals surface area contributed by atoms with E-state index in [2.05, 4.69) is 20.6 Å². The molecular formula is C12H18N4O. The zero-order chi connectivity index (χ0) is 11.7. The molecule has 1 aliphatic carbocycles. The molecule has 0 radical (unpaired) electrons. The standard InChI is InChI=1S/C12H18N4O/c17-11-9-4-5-13-7-10(9)15-12(16-11)14-6-8-2-1-3-8/h8,13H,1-7H2,(H2,14,15,16,17). The van der Waals surface area contributed by atoms with Gasteiger partial charge in [0.15, 0.2) is 0 Å². The summed E-state index contributed by atoms with van der Waals surface area (Å²) in [5, 5.41) is 6.48. The van der Waals surface area contributed by atoms with Gasteiger partial charge in [0.2, 0.25) is 5.95 Å². The van der Waals surface area contributed by atoms with Gasteiger partial charge in [-0.15, -0.1) is 0 Å². The van der Waals surface area contributed by atoms with Crippen LogP contribution in [0.25, 0.3) is 0 Å². The summed E-state index contributed by atoms with van der Waals surface area (Å²) in [7, 11) is 0. The highest BCUT2D eigenvalue weighted by Gasteiger charge is 2.18. The molecule has 0 amide bonds. The molecule has 92 valence electrons. The quantitative estimate of drug-likeness (QED) is 0.717. The van der Waals surface area contributed by atoms with Gasteiger partial charge in [0.05, 0.1) is 5.69 Å². The van der Waals surface area contributed by atoms with Crippen molar-refractivity contribution in [2.45, 2.75) is 32.2 Å². The van der Waals surface area contributed by atoms with Gasteiger partial charge in [0, 0.05) is 18.7 Å². The maximum Gasteiger partial charge on any atom is 0.255 e. The number of nitrogens with one attached hydrogen (secondary N) is 3. The van der Waals surface area contributed by atoms with E-state index in [-0.39, 0.29) is 5.56 Å². The summed E-state index contributed by atoms with van der Waals surface area (Å²) < 4.78 is 0. The van der Waals surface area contributed by atoms with Gasteiger partial charge in [-0.05, 0) is 31.7 Å². The van der Waals surface area contributed by atoms with Crippen LogP contribution in [0.15, 0.2) is 4.79 Å². The second kappa shape index (κ2) is 4.49. The highest BCUT2D eigenvalue weighted by molar-refractivity contribution is 5.31. The van der Waals surface area contributed by atoms with Crippen molar-refractivity contribution in [2.24, 2.45) is 5.92 Å². The van der Waals surface area contributed by atoms with Crippen LogP contribution in [0.1, 0.15) is 30.5 Å². The van der Waals surface area contributed by atoms with Crippen molar-refractivity contribution in [1.82, 2.24) is 15.3 Å². The van der Waals surface area contributed by atoms with E-state index in [1.54, 1.807) is 0 Å². The fourth-order valence-electron chi connectivity index (χ4n) is 2.39. The monoisotopic (exact) mass is 234 g/mol. The summed E-state index contributed by atoms with van der Waals surface area (Å²) in [6, 6.07) is 0. The predicted octanol–water partition coefficient (Wildman–Crippen LogP) is 0.628. The second-order valence-corrected chi connectivity index (χ2v) is 4.94. The fraction of sp³-hybridized carbons (Fsp3) is 0.667. The normalized spacial score (nSPS) is 19.5. The van der Waals surface area contributed by atoms with Crippen LogP contribution in [0.5, 0.6) is 0 Å². The Labute approximate surface area is 100 Å². The molecule has 1 aromatic rings. The zero-order valence-electron chi connectivity index (χ0n) is 9.88. The molecule has 0 atom stereocenters. The summed E-state index contributed by atoms with van der Waals surface area (Å²) in [4.78, 5) is 19.2. The van der Waals surface area contributed by atoms with Crippen molar-refractivity contribution in [2.75, 3.05) is 18.4 Å². The smallest absolute Gasteiger partial charge is 0.255 e. The van der Waals surface area contributed by atoms with Crippen molar-refractivity contribution in [3.63, 3.8) is 0 Å². The molecule has 5 nitrogen and oxygen atoms in total. The van der Waals surface area contributed by atoms with E-state index < -0.39 is 0 Å². The first-order valence-electron chi connectivity index (χ1n) is 6.39. The first kappa shape index (κ1) is 10.8. The molecule has 0 aromatic carbocycles. The van der Waals surface area contributed by atoms with Crippen LogP contribution in [0, 0.1) is 5.92 Å². The molecule has 0 spiro atoms. The lowest BCUT2D eigenvalue weighted by molar-refractivity contribution is 0.333. The molecule has 3 N–H and O–H groups in total. The van der Waals surface area contributed by atoms with Crippen LogP contribution < -0.4 is 16.2 Å². The van der Waals surface area contributed by atoms with Crippen molar-refractivity contribution in [3.8, 4) is 0 Å². The van der Waals surface area contributed by atoms with Crippen LogP contribution in [0.4, 0.5) is 5.95 Å². The van der Waals surface area contributed by atoms with E-state index in [0.29, 0.717) is 12.5 Å². The molecule has 1 saturated carbocycles. The van der Waals surface area contributed by atoms with Gasteiger partial charge in [0.25, 0.3) is 5.56 Å². The van der Waals surface area contributed by atoms with E-state index in [0.717, 1.165) is 36.7 Å². The predicted molar refractivity (Wildman–Crippen MR) is 66.1 cm³/mol. The summed E-state index contributed by atoms with van der Waals surface area (Å²) >= 11 is 0. The Kier molecular flexibility index (Phi) is 2.84. The van der Waals surface area contributed by atoms with Crippen molar-refractivity contribution in [3.05, 3.63) is 21.6 Å². The number of anilines is 1. The second-order valence-electron chi connectivity index (χ2n) is 4.94. The van der Waals surface area contributed by atoms with Crippen LogP contribution in [-0.2, 0) is 13.0 Å². The first-order valence-corrected chi connectivity index (χ1v) is 6.39. The largest absolute Gasteiger partial charge is 0.355 e. The molecule has 5 heteroatoms. The third kappa shape index (κ3) is 2.20. The van der Waals surface area contributed by atoms with Crippen LogP contribution in [0.3, 0.4) is 0 Å². The fourth-order valence-corrected chi connectivity index (χ4v) is 2.39. The SMILES string of the molecule is O=c1[nH]c(NCC2CCC2)nc2c1CCNC2. The molecule has 0 bridgehead atoms. The number of rotatable bonds is 3. The number of hydrogen-bond acceptors (Lipinski definition) is 4. The molecule has 3 rings (SSSR count). The average molecular weight is 234 g/mol. The number of aromatic nitrogens is 2. The van der Waals surface area contributed by atoms with Gasteiger partial charge >= 0.3 is 0 Å². The maximum absolute atomic E-state index is 11.8. The number of H-pyrrole nitrogens is 1. The Morgan fingerprint density at radius 2 is 2.29 bits per heavy atom. The van der Waals surface area contributed by atoms with E-state index >= 15 is 0 Å². The Balaban J connectivity index is 1.75. The maximum atomic E-state index is 11.8. The Bertz CT molecular complexity index is 464. The molecular weight excluding hydrogens is 216 g/mol. The van der Waals surface area contributed by atoms with E-state index in [1.165, 1.54) is 19.3 Å². The highest BCUT2D eigenvalue weighted by Crippen LogP contribution is 2.26. The topological polar surface area (TPSA) is 69.8 Å². The van der Waals surface area contributed by atoms with Gasteiger partial charge in [-0.25, -0.2) is 4.98 Å². The van der Waals surface area contributed by atoms with Gasteiger partial charge in [0.1, 0.15) is 0 Å². The summed E-state index contributed by atoms with van der Waals surface area (Å²) in [6.45, 7) is 2.50. The minimum absolute atomic E-state index is 0.0209. The molecule has 1 fully saturated rings. The van der Waals surface area contributed by atoms with E-state index in [4.69, 9.17) is 0 Å². The Morgan fingerprint density at radius 3 is 3.06 bits per heavy atom. The van der Waals surface area contributed by atoms with E-state index in [9.17, 15) is 4.79 Å². The van der Waals surface area contributed by atoms with Crippen LogP contribution in [-0.4, -0.2) is 23.1 Å². The highest BCUT2D eigenvalue weighted by atomic mass is 16.1. The van der Waals surface area contributed by atoms with Gasteiger partial charge in [-0.1, -0.05) is 6.42 Å². The number of hydrogen-bond donors (Lipinski definition) is 3.